The Morgan fingerprint density at radius 3 is 1.53 bits per heavy atom. The average Bonchev–Trinajstić information content (AvgIpc) is 3.66. The average molecular weight is 937 g/mol. The first kappa shape index (κ1) is 39.7. The van der Waals surface area contributed by atoms with Crippen molar-refractivity contribution in [1.29, 1.82) is 0 Å². The van der Waals surface area contributed by atoms with Crippen LogP contribution in [0.1, 0.15) is 105 Å². The van der Waals surface area contributed by atoms with Gasteiger partial charge in [-0.15, -0.1) is 22.7 Å². The van der Waals surface area contributed by atoms with Crippen LogP contribution in [0.5, 0.6) is 0 Å². The normalized spacial score (nSPS) is 25.6. The third kappa shape index (κ3) is 7.88. The van der Waals surface area contributed by atoms with Gasteiger partial charge in [0.1, 0.15) is 5.69 Å². The molecule has 0 saturated heterocycles. The van der Waals surface area contributed by atoms with E-state index in [1.54, 1.807) is 6.92 Å². The monoisotopic (exact) mass is 934 g/mol. The van der Waals surface area contributed by atoms with Crippen LogP contribution in [0.25, 0.3) is 21.5 Å². The van der Waals surface area contributed by atoms with E-state index < -0.39 is 5.97 Å². The van der Waals surface area contributed by atoms with Gasteiger partial charge in [-0.1, -0.05) is 36.4 Å². The zero-order chi connectivity index (χ0) is 40.2. The molecular weight excluding hydrogens is 896 g/mol. The number of carbonyl (C=O) groups excluding carboxylic acids is 1. The van der Waals surface area contributed by atoms with Crippen LogP contribution in [0.3, 0.4) is 0 Å². The molecule has 2 spiro atoms. The molecule has 6 N–H and O–H groups in total. The maximum absolute atomic E-state index is 12.4. The molecule has 6 aromatic rings. The number of carboxylic acids is 1. The number of nitrogens with one attached hydrogen (secondary N) is 3. The van der Waals surface area contributed by atoms with Crippen LogP contribution in [0, 0.1) is 24.7 Å². The lowest BCUT2D eigenvalue weighted by Gasteiger charge is -2.57. The van der Waals surface area contributed by atoms with Crippen LogP contribution in [0.2, 0.25) is 0 Å². The van der Waals surface area contributed by atoms with E-state index in [2.05, 4.69) is 67.5 Å². The van der Waals surface area contributed by atoms with Crippen molar-refractivity contribution < 1.29 is 14.7 Å². The SMILES string of the molecule is Cc1sc(Br)nc1C(=O)NC1CC2(C1)CC(c1n[nH]c(=O)c3ccccc13)C2.Cc1sc(Br)nc1C(=O)O.NC1CC2(C1)CC(c1n[nH]c(=O)c3ccccc13)C2. The fraction of sp³-hybridized carbons (Fsp3) is 0.400. The van der Waals surface area contributed by atoms with Crippen LogP contribution in [0.15, 0.2) is 66.0 Å². The molecule has 57 heavy (non-hydrogen) atoms. The Labute approximate surface area is 351 Å². The van der Waals surface area contributed by atoms with Crippen molar-refractivity contribution in [3.05, 3.63) is 110 Å². The predicted octanol–water partition coefficient (Wildman–Crippen LogP) is 7.73. The van der Waals surface area contributed by atoms with Crippen molar-refractivity contribution >= 4 is 88.0 Å². The highest BCUT2D eigenvalue weighted by molar-refractivity contribution is 9.11. The lowest BCUT2D eigenvalue weighted by molar-refractivity contribution is -0.0197. The fourth-order valence-corrected chi connectivity index (χ4v) is 12.5. The molecule has 4 saturated carbocycles. The number of fused-ring (bicyclic) bond motifs is 2. The molecule has 0 unspecified atom stereocenters. The number of hydrogen-bond acceptors (Lipinski definition) is 11. The van der Waals surface area contributed by atoms with E-state index in [0.717, 1.165) is 79.7 Å². The van der Waals surface area contributed by atoms with E-state index in [0.29, 0.717) is 43.7 Å². The van der Waals surface area contributed by atoms with Gasteiger partial charge in [0, 0.05) is 44.4 Å². The minimum atomic E-state index is -0.973. The Morgan fingerprint density at radius 2 is 1.14 bits per heavy atom. The summed E-state index contributed by atoms with van der Waals surface area (Å²) < 4.78 is 1.35. The Hall–Kier alpha value is -4.16. The molecule has 4 heterocycles. The number of carboxylic acid groups (broad SMARTS) is 1. The van der Waals surface area contributed by atoms with Crippen LogP contribution < -0.4 is 22.2 Å². The van der Waals surface area contributed by atoms with Crippen molar-refractivity contribution in [3.63, 3.8) is 0 Å². The molecule has 13 nitrogen and oxygen atoms in total. The predicted molar refractivity (Wildman–Crippen MR) is 227 cm³/mol. The van der Waals surface area contributed by atoms with Gasteiger partial charge in [0.15, 0.2) is 13.5 Å². The van der Waals surface area contributed by atoms with Gasteiger partial charge in [-0.2, -0.15) is 10.2 Å². The fourth-order valence-electron chi connectivity index (χ4n) is 9.45. The molecule has 1 amide bonds. The summed E-state index contributed by atoms with van der Waals surface area (Å²) >= 11 is 9.23. The minimum absolute atomic E-state index is 0.0801. The third-order valence-electron chi connectivity index (χ3n) is 12.0. The standard InChI is InChI=1S/C20H19BrN4O2S.C15H17N3O.C5H4BrNO2S/c1-10-15(23-19(21)28-10)18(27)22-12-8-20(9-12)6-11(7-20)16-13-4-2-3-5-14(13)17(26)25-24-16;16-10-7-15(8-10)5-9(6-15)13-11-3-1-2-4-12(11)14(19)18-17-13;1-2-3(4(8)9)7-5(6)10-2/h2-5,11-12H,6-9H2,1H3,(H,22,27)(H,25,26);1-4,9-10H,5-8,16H2,(H,18,19);1H3,(H,8,9). The first-order chi connectivity index (χ1) is 27.2. The van der Waals surface area contributed by atoms with E-state index >= 15 is 0 Å². The lowest BCUT2D eigenvalue weighted by Crippen LogP contribution is -2.55. The summed E-state index contributed by atoms with van der Waals surface area (Å²) in [5.74, 6) is -0.202. The van der Waals surface area contributed by atoms with Crippen molar-refractivity contribution in [3.8, 4) is 0 Å². The molecule has 296 valence electrons. The summed E-state index contributed by atoms with van der Waals surface area (Å²) in [6, 6.07) is 16.0. The summed E-state index contributed by atoms with van der Waals surface area (Å²) in [5, 5.41) is 29.0. The number of hydrogen-bond donors (Lipinski definition) is 5. The number of H-pyrrole nitrogens is 2. The Kier molecular flexibility index (Phi) is 10.8. The molecule has 10 rings (SSSR count). The van der Waals surface area contributed by atoms with Crippen molar-refractivity contribution in [2.75, 3.05) is 0 Å². The third-order valence-corrected chi connectivity index (χ3v) is 14.8. The van der Waals surface area contributed by atoms with E-state index in [1.165, 1.54) is 35.5 Å². The number of aryl methyl sites for hydroxylation is 2. The van der Waals surface area contributed by atoms with E-state index in [1.807, 2.05) is 55.5 Å². The summed E-state index contributed by atoms with van der Waals surface area (Å²) in [6.07, 6.45) is 8.78. The molecular formula is C40H40Br2N8O5S2. The van der Waals surface area contributed by atoms with E-state index in [-0.39, 0.29) is 28.8 Å². The maximum Gasteiger partial charge on any atom is 0.355 e. The number of nitrogens with zero attached hydrogens (tertiary/aromatic N) is 4. The molecule has 4 fully saturated rings. The number of nitrogens with two attached hydrogens (primary N) is 1. The number of benzene rings is 2. The summed E-state index contributed by atoms with van der Waals surface area (Å²) in [4.78, 5) is 56.2. The highest BCUT2D eigenvalue weighted by Crippen LogP contribution is 2.62. The number of aromatic carboxylic acids is 1. The van der Waals surface area contributed by atoms with Crippen LogP contribution in [0.4, 0.5) is 0 Å². The van der Waals surface area contributed by atoms with Crippen molar-refractivity contribution in [2.45, 2.75) is 89.1 Å². The zero-order valence-electron chi connectivity index (χ0n) is 31.1. The first-order valence-corrected chi connectivity index (χ1v) is 21.9. The molecule has 0 atom stereocenters. The van der Waals surface area contributed by atoms with Crippen LogP contribution >= 0.6 is 54.5 Å². The van der Waals surface area contributed by atoms with Gasteiger partial charge < -0.3 is 16.2 Å². The topological polar surface area (TPSA) is 210 Å². The van der Waals surface area contributed by atoms with Gasteiger partial charge in [-0.25, -0.2) is 25.0 Å². The number of halogens is 2. The molecule has 4 aliphatic carbocycles. The minimum Gasteiger partial charge on any atom is -0.476 e. The first-order valence-electron chi connectivity index (χ1n) is 18.7. The number of aromatic nitrogens is 6. The van der Waals surface area contributed by atoms with Gasteiger partial charge in [-0.3, -0.25) is 14.4 Å². The number of rotatable bonds is 5. The number of amides is 1. The highest BCUT2D eigenvalue weighted by atomic mass is 79.9. The second-order valence-electron chi connectivity index (χ2n) is 16.0. The second-order valence-corrected chi connectivity index (χ2v) is 20.9. The van der Waals surface area contributed by atoms with Crippen molar-refractivity contribution in [1.82, 2.24) is 35.7 Å². The maximum atomic E-state index is 12.4. The Balaban J connectivity index is 0.000000135. The van der Waals surface area contributed by atoms with E-state index in [9.17, 15) is 19.2 Å². The summed E-state index contributed by atoms with van der Waals surface area (Å²) in [5.41, 5.74) is 9.17. The quantitative estimate of drug-likeness (QED) is 0.114. The molecule has 17 heteroatoms. The molecule has 0 bridgehead atoms. The Morgan fingerprint density at radius 1 is 0.719 bits per heavy atom. The second kappa shape index (κ2) is 15.5. The van der Waals surface area contributed by atoms with Crippen LogP contribution in [-0.2, 0) is 0 Å². The Bertz CT molecular complexity index is 2630. The molecule has 0 aliphatic heterocycles. The smallest absolute Gasteiger partial charge is 0.355 e. The van der Waals surface area contributed by atoms with Gasteiger partial charge >= 0.3 is 5.97 Å². The largest absolute Gasteiger partial charge is 0.476 e. The summed E-state index contributed by atoms with van der Waals surface area (Å²) in [7, 11) is 0. The zero-order valence-corrected chi connectivity index (χ0v) is 35.9. The van der Waals surface area contributed by atoms with Gasteiger partial charge in [0.2, 0.25) is 0 Å². The highest BCUT2D eigenvalue weighted by Gasteiger charge is 2.54. The van der Waals surface area contributed by atoms with Crippen LogP contribution in [-0.4, -0.2) is 59.4 Å². The molecule has 0 radical (unpaired) electrons. The van der Waals surface area contributed by atoms with E-state index in [4.69, 9.17) is 10.8 Å². The number of aromatic amines is 2. The number of thiazole rings is 2. The van der Waals surface area contributed by atoms with Gasteiger partial charge in [-0.05, 0) is 120 Å². The van der Waals surface area contributed by atoms with Gasteiger partial charge in [0.25, 0.3) is 17.0 Å². The lowest BCUT2D eigenvalue weighted by atomic mass is 9.49. The van der Waals surface area contributed by atoms with Crippen molar-refractivity contribution in [2.24, 2.45) is 16.6 Å². The summed E-state index contributed by atoms with van der Waals surface area (Å²) in [6.45, 7) is 3.64. The molecule has 4 aromatic heterocycles. The molecule has 2 aromatic carbocycles. The van der Waals surface area contributed by atoms with Gasteiger partial charge in [0.05, 0.1) is 22.2 Å². The number of carbonyl (C=O) groups is 2. The molecule has 4 aliphatic rings.